The Balaban J connectivity index is 1.61. The van der Waals surface area contributed by atoms with Crippen molar-refractivity contribution in [3.05, 3.63) is 59.1 Å². The van der Waals surface area contributed by atoms with Gasteiger partial charge in [-0.3, -0.25) is 4.79 Å². The van der Waals surface area contributed by atoms with Crippen molar-refractivity contribution >= 4 is 5.91 Å². The fourth-order valence-corrected chi connectivity index (χ4v) is 2.27. The molecule has 3 rings (SSSR count). The van der Waals surface area contributed by atoms with Gasteiger partial charge < -0.3 is 14.1 Å². The van der Waals surface area contributed by atoms with Gasteiger partial charge in [-0.05, 0) is 25.1 Å². The van der Waals surface area contributed by atoms with E-state index in [-0.39, 0.29) is 30.5 Å². The van der Waals surface area contributed by atoms with Crippen molar-refractivity contribution in [1.82, 2.24) is 20.2 Å². The van der Waals surface area contributed by atoms with Crippen LogP contribution in [-0.2, 0) is 19.3 Å². The number of amides is 1. The Morgan fingerprint density at radius 3 is 2.75 bits per heavy atom. The van der Waals surface area contributed by atoms with E-state index >= 15 is 0 Å². The third kappa shape index (κ3) is 4.48. The molecule has 0 aliphatic rings. The Labute approximate surface area is 156 Å². The molecule has 2 heterocycles. The Kier molecular flexibility index (Phi) is 5.34. The molecule has 0 spiro atoms. The fraction of sp³-hybridized carbons (Fsp3) is 0.294. The smallest absolute Gasteiger partial charge is 0.416 e. The number of rotatable bonds is 6. The maximum atomic E-state index is 12.7. The molecule has 8 nitrogen and oxygen atoms in total. The number of oxazole rings is 1. The van der Waals surface area contributed by atoms with Gasteiger partial charge in [0.25, 0.3) is 5.91 Å². The Hall–Kier alpha value is -3.37. The number of aryl methyl sites for hydroxylation is 1. The minimum atomic E-state index is -4.47. The lowest BCUT2D eigenvalue weighted by Crippen LogP contribution is -2.27. The van der Waals surface area contributed by atoms with Gasteiger partial charge in [-0.1, -0.05) is 16.4 Å². The highest BCUT2D eigenvalue weighted by Gasteiger charge is 2.30. The maximum absolute atomic E-state index is 12.7. The zero-order chi connectivity index (χ0) is 20.3. The van der Waals surface area contributed by atoms with Gasteiger partial charge in [0.1, 0.15) is 23.4 Å². The van der Waals surface area contributed by atoms with Gasteiger partial charge in [0.05, 0.1) is 12.1 Å². The summed E-state index contributed by atoms with van der Waals surface area (Å²) in [4.78, 5) is 17.7. The molecule has 11 heteroatoms. The minimum Gasteiger partial charge on any atom is -0.484 e. The summed E-state index contributed by atoms with van der Waals surface area (Å²) in [6.45, 7) is 1.63. The average Bonchev–Trinajstić information content (AvgIpc) is 3.28. The van der Waals surface area contributed by atoms with Crippen LogP contribution in [0.25, 0.3) is 0 Å². The monoisotopic (exact) mass is 396 g/mol. The van der Waals surface area contributed by atoms with Gasteiger partial charge in [0.2, 0.25) is 5.89 Å². The summed E-state index contributed by atoms with van der Waals surface area (Å²) in [6.07, 6.45) is -3.32. The number of carbonyl (C=O) groups is 1. The molecule has 0 bridgehead atoms. The lowest BCUT2D eigenvalue weighted by Gasteiger charge is -2.13. The molecular formula is C17H15F3N4O4. The highest BCUT2D eigenvalue weighted by Crippen LogP contribution is 2.31. The van der Waals surface area contributed by atoms with E-state index in [2.05, 4.69) is 19.9 Å². The SMILES string of the molecule is Cc1nonc1CN(C)C(=O)c1coc(COc2cccc(C(F)(F)F)c2)n1. The molecule has 3 aromatic rings. The first-order valence-corrected chi connectivity index (χ1v) is 8.02. The first-order valence-electron chi connectivity index (χ1n) is 8.02. The molecule has 0 radical (unpaired) electrons. The van der Waals surface area contributed by atoms with E-state index in [0.29, 0.717) is 11.4 Å². The predicted molar refractivity (Wildman–Crippen MR) is 87.1 cm³/mol. The summed E-state index contributed by atoms with van der Waals surface area (Å²) >= 11 is 0. The van der Waals surface area contributed by atoms with E-state index in [0.717, 1.165) is 18.4 Å². The van der Waals surface area contributed by atoms with E-state index in [1.165, 1.54) is 17.0 Å². The molecule has 0 saturated heterocycles. The molecule has 1 aromatic carbocycles. The summed E-state index contributed by atoms with van der Waals surface area (Å²) in [5, 5.41) is 7.34. The van der Waals surface area contributed by atoms with Crippen molar-refractivity contribution in [2.75, 3.05) is 7.05 Å². The Morgan fingerprint density at radius 1 is 1.29 bits per heavy atom. The average molecular weight is 396 g/mol. The van der Waals surface area contributed by atoms with Gasteiger partial charge in [0, 0.05) is 7.05 Å². The minimum absolute atomic E-state index is 0.00651. The number of carbonyl (C=O) groups excluding carboxylic acids is 1. The standard InChI is InChI=1S/C17H15F3N4O4/c1-10-13(23-28-22-10)7-24(2)16(25)14-8-27-15(21-14)9-26-12-5-3-4-11(6-12)17(18,19)20/h3-6,8H,7,9H2,1-2H3. The van der Waals surface area contributed by atoms with Gasteiger partial charge in [0.15, 0.2) is 12.3 Å². The fourth-order valence-electron chi connectivity index (χ4n) is 2.27. The predicted octanol–water partition coefficient (Wildman–Crippen LogP) is 3.24. The number of halogens is 3. The molecule has 0 atom stereocenters. The highest BCUT2D eigenvalue weighted by molar-refractivity contribution is 5.91. The number of aromatic nitrogens is 3. The molecule has 0 aliphatic carbocycles. The number of ether oxygens (including phenoxy) is 1. The van der Waals surface area contributed by atoms with Crippen LogP contribution in [-0.4, -0.2) is 33.2 Å². The molecule has 148 valence electrons. The van der Waals surface area contributed by atoms with E-state index in [4.69, 9.17) is 9.15 Å². The number of hydrogen-bond acceptors (Lipinski definition) is 7. The van der Waals surface area contributed by atoms with Crippen LogP contribution in [0.3, 0.4) is 0 Å². The van der Waals surface area contributed by atoms with Crippen molar-refractivity contribution in [2.45, 2.75) is 26.3 Å². The lowest BCUT2D eigenvalue weighted by molar-refractivity contribution is -0.137. The van der Waals surface area contributed by atoms with Crippen LogP contribution in [0, 0.1) is 6.92 Å². The van der Waals surface area contributed by atoms with Crippen LogP contribution in [0.15, 0.2) is 39.6 Å². The van der Waals surface area contributed by atoms with Gasteiger partial charge >= 0.3 is 6.18 Å². The molecular weight excluding hydrogens is 381 g/mol. The van der Waals surface area contributed by atoms with E-state index in [9.17, 15) is 18.0 Å². The summed E-state index contributed by atoms with van der Waals surface area (Å²) < 4.78 is 53.2. The van der Waals surface area contributed by atoms with Gasteiger partial charge in [-0.25, -0.2) is 9.61 Å². The summed E-state index contributed by atoms with van der Waals surface area (Å²) in [5.41, 5.74) is 0.272. The lowest BCUT2D eigenvalue weighted by atomic mass is 10.2. The molecule has 0 fully saturated rings. The molecule has 1 amide bonds. The van der Waals surface area contributed by atoms with Crippen LogP contribution in [0.1, 0.15) is 33.3 Å². The molecule has 2 aromatic heterocycles. The molecule has 0 N–H and O–H groups in total. The summed E-state index contributed by atoms with van der Waals surface area (Å²) in [5.74, 6) is -0.378. The number of nitrogens with zero attached hydrogens (tertiary/aromatic N) is 4. The first kappa shape index (κ1) is 19.4. The summed E-state index contributed by atoms with van der Waals surface area (Å²) in [7, 11) is 1.55. The number of benzene rings is 1. The second-order valence-electron chi connectivity index (χ2n) is 5.90. The van der Waals surface area contributed by atoms with Crippen LogP contribution >= 0.6 is 0 Å². The second-order valence-corrected chi connectivity index (χ2v) is 5.90. The van der Waals surface area contributed by atoms with E-state index < -0.39 is 17.6 Å². The van der Waals surface area contributed by atoms with Gasteiger partial charge in [-0.2, -0.15) is 13.2 Å². The van der Waals surface area contributed by atoms with Crippen LogP contribution in [0.4, 0.5) is 13.2 Å². The maximum Gasteiger partial charge on any atom is 0.416 e. The second kappa shape index (κ2) is 7.71. The first-order chi connectivity index (χ1) is 13.2. The molecule has 0 saturated carbocycles. The largest absolute Gasteiger partial charge is 0.484 e. The number of hydrogen-bond donors (Lipinski definition) is 0. The Bertz CT molecular complexity index is 967. The normalized spacial score (nSPS) is 11.5. The third-order valence-electron chi connectivity index (χ3n) is 3.77. The topological polar surface area (TPSA) is 94.5 Å². The Morgan fingerprint density at radius 2 is 2.07 bits per heavy atom. The van der Waals surface area contributed by atoms with E-state index in [1.807, 2.05) is 0 Å². The highest BCUT2D eigenvalue weighted by atomic mass is 19.4. The third-order valence-corrected chi connectivity index (χ3v) is 3.77. The number of alkyl halides is 3. The van der Waals surface area contributed by atoms with Crippen molar-refractivity contribution in [3.63, 3.8) is 0 Å². The van der Waals surface area contributed by atoms with Gasteiger partial charge in [-0.15, -0.1) is 0 Å². The van der Waals surface area contributed by atoms with Crippen molar-refractivity contribution in [3.8, 4) is 5.75 Å². The molecule has 0 unspecified atom stereocenters. The van der Waals surface area contributed by atoms with E-state index in [1.54, 1.807) is 14.0 Å². The summed E-state index contributed by atoms with van der Waals surface area (Å²) in [6, 6.07) is 4.43. The zero-order valence-electron chi connectivity index (χ0n) is 14.9. The van der Waals surface area contributed by atoms with Crippen molar-refractivity contribution < 1.29 is 31.7 Å². The van der Waals surface area contributed by atoms with Crippen LogP contribution < -0.4 is 4.74 Å². The molecule has 28 heavy (non-hydrogen) atoms. The van der Waals surface area contributed by atoms with Crippen molar-refractivity contribution in [1.29, 1.82) is 0 Å². The molecule has 0 aliphatic heterocycles. The van der Waals surface area contributed by atoms with Crippen LogP contribution in [0.5, 0.6) is 5.75 Å². The van der Waals surface area contributed by atoms with Crippen molar-refractivity contribution in [2.24, 2.45) is 0 Å². The zero-order valence-corrected chi connectivity index (χ0v) is 14.9. The quantitative estimate of drug-likeness (QED) is 0.631. The van der Waals surface area contributed by atoms with Crippen LogP contribution in [0.2, 0.25) is 0 Å².